The third-order valence-electron chi connectivity index (χ3n) is 4.55. The zero-order valence-electron chi connectivity index (χ0n) is 18.2. The fourth-order valence-corrected chi connectivity index (χ4v) is 3.20. The average molecular weight is 487 g/mol. The van der Waals surface area contributed by atoms with Crippen molar-refractivity contribution in [2.24, 2.45) is 0 Å². The van der Waals surface area contributed by atoms with Gasteiger partial charge in [-0.1, -0.05) is 29.8 Å². The van der Waals surface area contributed by atoms with Gasteiger partial charge >= 0.3 is 5.97 Å². The van der Waals surface area contributed by atoms with E-state index in [-0.39, 0.29) is 36.2 Å². The van der Waals surface area contributed by atoms with E-state index in [1.165, 1.54) is 6.20 Å². The molecule has 0 fully saturated rings. The molecule has 10 heteroatoms. The van der Waals surface area contributed by atoms with Crippen molar-refractivity contribution in [2.75, 3.05) is 18.1 Å². The van der Waals surface area contributed by atoms with E-state index in [1.807, 2.05) is 0 Å². The number of carboxylic acid groups (broad SMARTS) is 1. The molecule has 167 valence electrons. The van der Waals surface area contributed by atoms with Gasteiger partial charge in [-0.05, 0) is 54.6 Å². The second kappa shape index (κ2) is 11.8. The van der Waals surface area contributed by atoms with E-state index in [2.05, 4.69) is 9.97 Å². The number of ether oxygens (including phenoxy) is 2. The standard InChI is InChI=1S/C24H18ClN3O5.Na/c25-16-6-11-20-21(12-16)26-13-22(27-20)33-19-9-7-18(8-10-19)32-15-23(29)28(14-24(30)31)17-4-2-1-3-5-17;/h1-13H,14-15H2,(H,30,31);. The molecule has 1 N–H and O–H groups in total. The minimum Gasteiger partial charge on any atom is -0.484 e. The van der Waals surface area contributed by atoms with Crippen LogP contribution in [0, 0.1) is 0 Å². The first-order valence-electron chi connectivity index (χ1n) is 9.88. The predicted octanol–water partition coefficient (Wildman–Crippen LogP) is 4.19. The summed E-state index contributed by atoms with van der Waals surface area (Å²) in [4.78, 5) is 33.6. The van der Waals surface area contributed by atoms with Crippen LogP contribution in [0.3, 0.4) is 0 Å². The molecule has 34 heavy (non-hydrogen) atoms. The van der Waals surface area contributed by atoms with E-state index >= 15 is 0 Å². The van der Waals surface area contributed by atoms with Crippen molar-refractivity contribution >= 4 is 69.8 Å². The molecule has 3 aromatic carbocycles. The van der Waals surface area contributed by atoms with Crippen molar-refractivity contribution in [2.45, 2.75) is 0 Å². The smallest absolute Gasteiger partial charge is 0.323 e. The van der Waals surface area contributed by atoms with Crippen molar-refractivity contribution in [3.05, 3.63) is 84.0 Å². The largest absolute Gasteiger partial charge is 0.484 e. The molecule has 0 saturated heterocycles. The number of hydrogen-bond acceptors (Lipinski definition) is 6. The first-order valence-corrected chi connectivity index (χ1v) is 10.3. The molecule has 0 bridgehead atoms. The number of carbonyl (C=O) groups excluding carboxylic acids is 1. The molecule has 0 aliphatic heterocycles. The van der Waals surface area contributed by atoms with E-state index < -0.39 is 18.4 Å². The van der Waals surface area contributed by atoms with Gasteiger partial charge in [-0.15, -0.1) is 0 Å². The minimum atomic E-state index is -1.12. The molecular formula is C24H18ClN3NaO5. The number of aliphatic carboxylic acids is 1. The Morgan fingerprint density at radius 1 is 0.941 bits per heavy atom. The molecule has 1 heterocycles. The molecule has 0 saturated carbocycles. The molecule has 1 amide bonds. The maximum Gasteiger partial charge on any atom is 0.323 e. The van der Waals surface area contributed by atoms with Gasteiger partial charge in [0.15, 0.2) is 6.61 Å². The van der Waals surface area contributed by atoms with Crippen LogP contribution in [0.2, 0.25) is 5.02 Å². The van der Waals surface area contributed by atoms with Crippen molar-refractivity contribution < 1.29 is 24.2 Å². The van der Waals surface area contributed by atoms with Crippen LogP contribution in [0.25, 0.3) is 11.0 Å². The quantitative estimate of drug-likeness (QED) is 0.372. The van der Waals surface area contributed by atoms with E-state index in [0.717, 1.165) is 4.90 Å². The summed E-state index contributed by atoms with van der Waals surface area (Å²) in [6.45, 7) is -0.779. The second-order valence-corrected chi connectivity index (χ2v) is 7.35. The Kier molecular flexibility index (Phi) is 8.84. The molecule has 0 atom stereocenters. The van der Waals surface area contributed by atoms with Crippen molar-refractivity contribution in [1.29, 1.82) is 0 Å². The summed E-state index contributed by atoms with van der Waals surface area (Å²) in [6.07, 6.45) is 1.50. The monoisotopic (exact) mass is 486 g/mol. The number of halogens is 1. The van der Waals surface area contributed by atoms with Crippen LogP contribution in [0.4, 0.5) is 5.69 Å². The fraction of sp³-hybridized carbons (Fsp3) is 0.0833. The summed E-state index contributed by atoms with van der Waals surface area (Å²) in [6, 6.07) is 20.4. The Bertz CT molecular complexity index is 1290. The fourth-order valence-electron chi connectivity index (χ4n) is 3.03. The van der Waals surface area contributed by atoms with Crippen molar-refractivity contribution in [1.82, 2.24) is 9.97 Å². The number of amides is 1. The molecule has 0 unspecified atom stereocenters. The molecule has 1 radical (unpaired) electrons. The molecule has 1 aromatic heterocycles. The van der Waals surface area contributed by atoms with E-state index in [4.69, 9.17) is 26.2 Å². The summed E-state index contributed by atoms with van der Waals surface area (Å²) in [5.41, 5.74) is 1.80. The van der Waals surface area contributed by atoms with Gasteiger partial charge in [0, 0.05) is 40.3 Å². The zero-order chi connectivity index (χ0) is 23.2. The van der Waals surface area contributed by atoms with E-state index in [9.17, 15) is 9.59 Å². The number of benzene rings is 3. The van der Waals surface area contributed by atoms with Crippen LogP contribution in [0.1, 0.15) is 0 Å². The topological polar surface area (TPSA) is 102 Å². The number of carbonyl (C=O) groups is 2. The second-order valence-electron chi connectivity index (χ2n) is 6.91. The Labute approximate surface area is 222 Å². The number of nitrogens with zero attached hydrogens (tertiary/aromatic N) is 3. The van der Waals surface area contributed by atoms with Crippen LogP contribution in [-0.4, -0.2) is 69.7 Å². The number of hydrogen-bond donors (Lipinski definition) is 1. The van der Waals surface area contributed by atoms with Crippen LogP contribution >= 0.6 is 11.6 Å². The summed E-state index contributed by atoms with van der Waals surface area (Å²) in [5, 5.41) is 9.72. The van der Waals surface area contributed by atoms with Crippen LogP contribution in [0.15, 0.2) is 79.0 Å². The van der Waals surface area contributed by atoms with Gasteiger partial charge in [-0.2, -0.15) is 0 Å². The van der Waals surface area contributed by atoms with Crippen LogP contribution in [-0.2, 0) is 9.59 Å². The Morgan fingerprint density at radius 2 is 1.65 bits per heavy atom. The predicted molar refractivity (Wildman–Crippen MR) is 129 cm³/mol. The Balaban J connectivity index is 0.00000324. The number of aromatic nitrogens is 2. The van der Waals surface area contributed by atoms with E-state index in [1.54, 1.807) is 72.8 Å². The summed E-state index contributed by atoms with van der Waals surface area (Å²) in [5.74, 6) is -0.337. The molecule has 0 spiro atoms. The summed E-state index contributed by atoms with van der Waals surface area (Å²) >= 11 is 5.96. The molecule has 0 aliphatic rings. The normalized spacial score (nSPS) is 10.3. The average Bonchev–Trinajstić information content (AvgIpc) is 2.82. The Hall–Kier alpha value is -3.17. The van der Waals surface area contributed by atoms with Gasteiger partial charge in [-0.25, -0.2) is 9.97 Å². The molecule has 0 aliphatic carbocycles. The first kappa shape index (κ1) is 25.5. The zero-order valence-corrected chi connectivity index (χ0v) is 21.0. The Morgan fingerprint density at radius 3 is 2.35 bits per heavy atom. The number of fused-ring (bicyclic) bond motifs is 1. The van der Waals surface area contributed by atoms with Crippen molar-refractivity contribution in [3.8, 4) is 17.4 Å². The summed E-state index contributed by atoms with van der Waals surface area (Å²) in [7, 11) is 0. The van der Waals surface area contributed by atoms with Gasteiger partial charge < -0.3 is 14.6 Å². The van der Waals surface area contributed by atoms with Gasteiger partial charge in [0.1, 0.15) is 18.0 Å². The molecule has 8 nitrogen and oxygen atoms in total. The van der Waals surface area contributed by atoms with Crippen LogP contribution in [0.5, 0.6) is 17.4 Å². The van der Waals surface area contributed by atoms with Crippen LogP contribution < -0.4 is 14.4 Å². The number of para-hydroxylation sites is 1. The number of anilines is 1. The third kappa shape index (κ3) is 6.68. The minimum absolute atomic E-state index is 0. The SMILES string of the molecule is O=C(O)CN(C(=O)COc1ccc(Oc2cnc3cc(Cl)ccc3n2)cc1)c1ccccc1.[Na]. The van der Waals surface area contributed by atoms with Crippen molar-refractivity contribution in [3.63, 3.8) is 0 Å². The van der Waals surface area contributed by atoms with E-state index in [0.29, 0.717) is 39.1 Å². The maximum absolute atomic E-state index is 12.6. The van der Waals surface area contributed by atoms with Gasteiger partial charge in [0.25, 0.3) is 5.91 Å². The molecule has 4 aromatic rings. The molecule has 4 rings (SSSR count). The third-order valence-corrected chi connectivity index (χ3v) is 4.79. The first-order chi connectivity index (χ1) is 16.0. The van der Waals surface area contributed by atoms with Gasteiger partial charge in [0.2, 0.25) is 5.88 Å². The van der Waals surface area contributed by atoms with Gasteiger partial charge in [0.05, 0.1) is 17.2 Å². The number of rotatable bonds is 8. The van der Waals surface area contributed by atoms with Gasteiger partial charge in [-0.3, -0.25) is 14.5 Å². The summed E-state index contributed by atoms with van der Waals surface area (Å²) < 4.78 is 11.3. The maximum atomic E-state index is 12.6. The molecular weight excluding hydrogens is 469 g/mol. The number of carboxylic acids is 1.